The summed E-state index contributed by atoms with van der Waals surface area (Å²) in [6.45, 7) is 2.39. The number of anilines is 1. The van der Waals surface area contributed by atoms with Gasteiger partial charge in [0.05, 0.1) is 7.11 Å². The van der Waals surface area contributed by atoms with Crippen LogP contribution in [0.15, 0.2) is 42.5 Å². The predicted octanol–water partition coefficient (Wildman–Crippen LogP) is 2.64. The number of amides is 1. The van der Waals surface area contributed by atoms with Gasteiger partial charge >= 0.3 is 0 Å². The molecule has 0 radical (unpaired) electrons. The summed E-state index contributed by atoms with van der Waals surface area (Å²) in [5.74, 6) is 1.60. The summed E-state index contributed by atoms with van der Waals surface area (Å²) >= 11 is 0. The maximum absolute atomic E-state index is 11.6. The van der Waals surface area contributed by atoms with Gasteiger partial charge in [0.2, 0.25) is 5.91 Å². The van der Waals surface area contributed by atoms with E-state index in [1.165, 1.54) is 5.56 Å². The SMILES string of the molecule is COc1ccc(CCN2CC[C@@H](Oc3ccc4c(c3)NC(=O)CC4)[C@H](O)C2)cc1. The second kappa shape index (κ2) is 8.84. The van der Waals surface area contributed by atoms with Gasteiger partial charge in [-0.2, -0.15) is 0 Å². The normalized spacial score (nSPS) is 21.9. The molecule has 0 saturated carbocycles. The van der Waals surface area contributed by atoms with Gasteiger partial charge in [-0.1, -0.05) is 18.2 Å². The maximum atomic E-state index is 11.6. The maximum Gasteiger partial charge on any atom is 0.224 e. The fraction of sp³-hybridized carbons (Fsp3) is 0.435. The van der Waals surface area contributed by atoms with Crippen LogP contribution in [0.2, 0.25) is 0 Å². The number of nitrogens with one attached hydrogen (secondary N) is 1. The molecule has 0 bridgehead atoms. The number of aliphatic hydroxyl groups is 1. The van der Waals surface area contributed by atoms with E-state index in [4.69, 9.17) is 9.47 Å². The quantitative estimate of drug-likeness (QED) is 0.786. The van der Waals surface area contributed by atoms with Gasteiger partial charge in [0.25, 0.3) is 0 Å². The lowest BCUT2D eigenvalue weighted by molar-refractivity contribution is -0.116. The van der Waals surface area contributed by atoms with Crippen molar-refractivity contribution in [2.75, 3.05) is 32.1 Å². The van der Waals surface area contributed by atoms with Crippen molar-refractivity contribution in [3.8, 4) is 11.5 Å². The minimum atomic E-state index is -0.537. The van der Waals surface area contributed by atoms with Crippen LogP contribution < -0.4 is 14.8 Å². The lowest BCUT2D eigenvalue weighted by Gasteiger charge is -2.36. The molecule has 2 aliphatic rings. The molecular weight excluding hydrogens is 368 g/mol. The molecule has 4 rings (SSSR count). The highest BCUT2D eigenvalue weighted by Gasteiger charge is 2.29. The van der Waals surface area contributed by atoms with Crippen molar-refractivity contribution in [1.82, 2.24) is 4.90 Å². The van der Waals surface area contributed by atoms with Gasteiger partial charge in [0, 0.05) is 37.8 Å². The van der Waals surface area contributed by atoms with Crippen molar-refractivity contribution in [1.29, 1.82) is 0 Å². The monoisotopic (exact) mass is 396 g/mol. The lowest BCUT2D eigenvalue weighted by Crippen LogP contribution is -2.49. The number of hydrogen-bond donors (Lipinski definition) is 2. The van der Waals surface area contributed by atoms with Crippen molar-refractivity contribution in [3.63, 3.8) is 0 Å². The zero-order valence-electron chi connectivity index (χ0n) is 16.8. The number of hydrogen-bond acceptors (Lipinski definition) is 5. The number of benzene rings is 2. The van der Waals surface area contributed by atoms with Gasteiger partial charge in [0.1, 0.15) is 23.7 Å². The molecule has 0 spiro atoms. The highest BCUT2D eigenvalue weighted by molar-refractivity contribution is 5.94. The van der Waals surface area contributed by atoms with E-state index < -0.39 is 6.10 Å². The molecule has 0 aromatic heterocycles. The Bertz CT molecular complexity index is 852. The van der Waals surface area contributed by atoms with Crippen LogP contribution in [-0.2, 0) is 17.6 Å². The number of carbonyl (C=O) groups excluding carboxylic acids is 1. The number of aliphatic hydroxyl groups excluding tert-OH is 1. The molecule has 6 nitrogen and oxygen atoms in total. The fourth-order valence-corrected chi connectivity index (χ4v) is 3.99. The Morgan fingerprint density at radius 1 is 1.14 bits per heavy atom. The van der Waals surface area contributed by atoms with E-state index in [2.05, 4.69) is 22.3 Å². The second-order valence-corrected chi connectivity index (χ2v) is 7.78. The van der Waals surface area contributed by atoms with Crippen LogP contribution in [0.3, 0.4) is 0 Å². The average molecular weight is 396 g/mol. The topological polar surface area (TPSA) is 71.0 Å². The minimum Gasteiger partial charge on any atom is -0.497 e. The first-order chi connectivity index (χ1) is 14.1. The van der Waals surface area contributed by atoms with Crippen molar-refractivity contribution in [3.05, 3.63) is 53.6 Å². The Labute approximate surface area is 171 Å². The second-order valence-electron chi connectivity index (χ2n) is 7.78. The number of fused-ring (bicyclic) bond motifs is 1. The van der Waals surface area contributed by atoms with Crippen molar-refractivity contribution in [2.24, 2.45) is 0 Å². The molecule has 2 atom stereocenters. The molecular formula is C23H28N2O4. The summed E-state index contributed by atoms with van der Waals surface area (Å²) in [6, 6.07) is 13.9. The third kappa shape index (κ3) is 4.89. The summed E-state index contributed by atoms with van der Waals surface area (Å²) in [7, 11) is 1.67. The number of methoxy groups -OCH3 is 1. The molecule has 1 fully saturated rings. The molecule has 2 N–H and O–H groups in total. The lowest BCUT2D eigenvalue weighted by atomic mass is 10.0. The van der Waals surface area contributed by atoms with E-state index in [1.54, 1.807) is 7.11 Å². The van der Waals surface area contributed by atoms with Gasteiger partial charge in [-0.05, 0) is 48.6 Å². The van der Waals surface area contributed by atoms with E-state index in [0.29, 0.717) is 18.7 Å². The molecule has 0 aliphatic carbocycles. The first-order valence-electron chi connectivity index (χ1n) is 10.2. The van der Waals surface area contributed by atoms with Crippen LogP contribution in [0.25, 0.3) is 0 Å². The van der Waals surface area contributed by atoms with E-state index >= 15 is 0 Å². The zero-order chi connectivity index (χ0) is 20.2. The smallest absolute Gasteiger partial charge is 0.224 e. The van der Waals surface area contributed by atoms with Crippen LogP contribution in [0.1, 0.15) is 24.0 Å². The van der Waals surface area contributed by atoms with Gasteiger partial charge in [0.15, 0.2) is 0 Å². The predicted molar refractivity (Wildman–Crippen MR) is 112 cm³/mol. The number of piperidine rings is 1. The number of ether oxygens (including phenoxy) is 2. The van der Waals surface area contributed by atoms with E-state index in [9.17, 15) is 9.90 Å². The molecule has 2 aromatic rings. The van der Waals surface area contributed by atoms with Crippen molar-refractivity contribution >= 4 is 11.6 Å². The Morgan fingerprint density at radius 3 is 2.69 bits per heavy atom. The van der Waals surface area contributed by atoms with E-state index in [1.807, 2.05) is 30.3 Å². The minimum absolute atomic E-state index is 0.0415. The molecule has 154 valence electrons. The van der Waals surface area contributed by atoms with Crippen LogP contribution in [0, 0.1) is 0 Å². The first kappa shape index (κ1) is 19.7. The molecule has 6 heteroatoms. The van der Waals surface area contributed by atoms with Crippen LogP contribution >= 0.6 is 0 Å². The van der Waals surface area contributed by atoms with Gasteiger partial charge in [-0.25, -0.2) is 0 Å². The first-order valence-corrected chi connectivity index (χ1v) is 10.2. The zero-order valence-corrected chi connectivity index (χ0v) is 16.8. The number of β-amino-alcohol motifs (C(OH)–C–C–N with tert-alkyl or cyclic N) is 1. The number of likely N-dealkylation sites (tertiary alicyclic amines) is 1. The number of nitrogens with zero attached hydrogens (tertiary/aromatic N) is 1. The van der Waals surface area contributed by atoms with Gasteiger partial charge in [-0.15, -0.1) is 0 Å². The Kier molecular flexibility index (Phi) is 6.02. The molecule has 1 saturated heterocycles. The summed E-state index contributed by atoms with van der Waals surface area (Å²) in [5.41, 5.74) is 3.21. The molecule has 29 heavy (non-hydrogen) atoms. The third-order valence-electron chi connectivity index (χ3n) is 5.74. The standard InChI is InChI=1S/C23H28N2O4/c1-28-18-6-2-16(3-7-18)10-12-25-13-11-22(21(26)15-25)29-19-8-4-17-5-9-23(27)24-20(17)14-19/h2-4,6-8,14,21-22,26H,5,9-13,15H2,1H3,(H,24,27)/t21-,22-/m1/s1. The Morgan fingerprint density at radius 2 is 1.93 bits per heavy atom. The van der Waals surface area contributed by atoms with E-state index in [-0.39, 0.29) is 12.0 Å². The van der Waals surface area contributed by atoms with Crippen LogP contribution in [0.5, 0.6) is 11.5 Å². The van der Waals surface area contributed by atoms with Gasteiger partial charge < -0.3 is 24.8 Å². The largest absolute Gasteiger partial charge is 0.497 e. The van der Waals surface area contributed by atoms with Crippen LogP contribution in [-0.4, -0.2) is 54.9 Å². The molecule has 0 unspecified atom stereocenters. The number of aryl methyl sites for hydroxylation is 1. The summed E-state index contributed by atoms with van der Waals surface area (Å²) in [5, 5.41) is 13.5. The highest BCUT2D eigenvalue weighted by Crippen LogP contribution is 2.29. The van der Waals surface area contributed by atoms with Crippen LogP contribution in [0.4, 0.5) is 5.69 Å². The Hall–Kier alpha value is -2.57. The summed E-state index contributed by atoms with van der Waals surface area (Å²) < 4.78 is 11.3. The van der Waals surface area contributed by atoms with E-state index in [0.717, 1.165) is 49.4 Å². The molecule has 2 heterocycles. The molecule has 2 aromatic carbocycles. The van der Waals surface area contributed by atoms with Gasteiger partial charge in [-0.3, -0.25) is 4.79 Å². The number of rotatable bonds is 6. The summed E-state index contributed by atoms with van der Waals surface area (Å²) in [4.78, 5) is 13.9. The third-order valence-corrected chi connectivity index (χ3v) is 5.74. The van der Waals surface area contributed by atoms with Crippen molar-refractivity contribution in [2.45, 2.75) is 37.9 Å². The summed E-state index contributed by atoms with van der Waals surface area (Å²) in [6.07, 6.45) is 2.23. The Balaban J connectivity index is 1.29. The highest BCUT2D eigenvalue weighted by atomic mass is 16.5. The molecule has 2 aliphatic heterocycles. The number of carbonyl (C=O) groups is 1. The average Bonchev–Trinajstić information content (AvgIpc) is 2.74. The fourth-order valence-electron chi connectivity index (χ4n) is 3.99. The molecule has 1 amide bonds. The van der Waals surface area contributed by atoms with Crippen molar-refractivity contribution < 1.29 is 19.4 Å².